The van der Waals surface area contributed by atoms with Gasteiger partial charge in [-0.05, 0) is 72.0 Å². The third-order valence-electron chi connectivity index (χ3n) is 4.53. The van der Waals surface area contributed by atoms with Crippen molar-refractivity contribution in [2.24, 2.45) is 10.9 Å². The molecule has 1 spiro atoms. The van der Waals surface area contributed by atoms with Crippen LogP contribution in [-0.2, 0) is 0 Å². The Balaban J connectivity index is 1.89. The second kappa shape index (κ2) is 6.71. The molecule has 1 aromatic carbocycles. The third-order valence-corrected chi connectivity index (χ3v) is 6.71. The van der Waals surface area contributed by atoms with E-state index in [0.717, 1.165) is 12.2 Å². The van der Waals surface area contributed by atoms with Gasteiger partial charge in [0, 0.05) is 21.4 Å². The Kier molecular flexibility index (Phi) is 5.07. The van der Waals surface area contributed by atoms with Crippen LogP contribution in [0, 0.1) is 16.4 Å². The van der Waals surface area contributed by atoms with E-state index in [0.29, 0.717) is 10.7 Å². The van der Waals surface area contributed by atoms with E-state index < -0.39 is 0 Å². The van der Waals surface area contributed by atoms with E-state index in [1.165, 1.54) is 46.5 Å². The lowest BCUT2D eigenvalue weighted by atomic mass is 10.1. The minimum atomic E-state index is 0.449. The highest BCUT2D eigenvalue weighted by atomic mass is 127. The molecule has 1 saturated carbocycles. The predicted octanol–water partition coefficient (Wildman–Crippen LogP) is 5.60. The van der Waals surface area contributed by atoms with Crippen LogP contribution in [0.5, 0.6) is 0 Å². The van der Waals surface area contributed by atoms with Crippen molar-refractivity contribution in [3.05, 3.63) is 27.3 Å². The molecule has 3 rings (SSSR count). The first-order valence-electron chi connectivity index (χ1n) is 8.26. The Hall–Kier alpha value is -0.230. The fraction of sp³-hybridized carbons (Fsp3) is 0.611. The number of nitrogens with zero attached hydrogens (tertiary/aromatic N) is 2. The maximum Gasteiger partial charge on any atom is 0.165 e. The average molecular weight is 428 g/mol. The molecule has 1 heterocycles. The number of aliphatic imine (C=N–C) groups is 1. The molecule has 0 bridgehead atoms. The van der Waals surface area contributed by atoms with E-state index in [9.17, 15) is 0 Å². The van der Waals surface area contributed by atoms with Crippen molar-refractivity contribution in [2.45, 2.75) is 51.2 Å². The van der Waals surface area contributed by atoms with Gasteiger partial charge in [0.05, 0.1) is 5.69 Å². The summed E-state index contributed by atoms with van der Waals surface area (Å²) >= 11 is 4.42. The Morgan fingerprint density at radius 1 is 1.32 bits per heavy atom. The van der Waals surface area contributed by atoms with E-state index in [1.54, 1.807) is 0 Å². The summed E-state index contributed by atoms with van der Waals surface area (Å²) in [6, 6.07) is 6.54. The SMILES string of the molecule is Cc1cc(I)ccc1N=C1SC2(CCCC2)CN1CC(C)C. The molecule has 1 aliphatic heterocycles. The summed E-state index contributed by atoms with van der Waals surface area (Å²) in [6.45, 7) is 9.09. The number of rotatable bonds is 3. The smallest absolute Gasteiger partial charge is 0.165 e. The Morgan fingerprint density at radius 2 is 2.05 bits per heavy atom. The zero-order valence-corrected chi connectivity index (χ0v) is 16.7. The molecule has 22 heavy (non-hydrogen) atoms. The van der Waals surface area contributed by atoms with Gasteiger partial charge in [-0.3, -0.25) is 0 Å². The van der Waals surface area contributed by atoms with Crippen LogP contribution in [0.1, 0.15) is 45.1 Å². The summed E-state index contributed by atoms with van der Waals surface area (Å²) < 4.78 is 1.73. The molecule has 0 amide bonds. The van der Waals surface area contributed by atoms with Crippen LogP contribution >= 0.6 is 34.4 Å². The molecule has 2 aliphatic rings. The first-order valence-corrected chi connectivity index (χ1v) is 10.2. The quantitative estimate of drug-likeness (QED) is 0.582. The summed E-state index contributed by atoms with van der Waals surface area (Å²) in [6.07, 6.45) is 5.49. The topological polar surface area (TPSA) is 15.6 Å². The highest BCUT2D eigenvalue weighted by Crippen LogP contribution is 2.48. The summed E-state index contributed by atoms with van der Waals surface area (Å²) in [5, 5.41) is 1.25. The van der Waals surface area contributed by atoms with Gasteiger partial charge < -0.3 is 4.90 Å². The average Bonchev–Trinajstić information content (AvgIpc) is 3.01. The van der Waals surface area contributed by atoms with Gasteiger partial charge in [-0.15, -0.1) is 0 Å². The van der Waals surface area contributed by atoms with Crippen LogP contribution in [0.15, 0.2) is 23.2 Å². The van der Waals surface area contributed by atoms with Crippen LogP contribution in [-0.4, -0.2) is 27.9 Å². The summed E-state index contributed by atoms with van der Waals surface area (Å²) in [5.41, 5.74) is 2.41. The van der Waals surface area contributed by atoms with E-state index in [2.05, 4.69) is 78.2 Å². The standard InChI is InChI=1S/C18H25IN2S/c1-13(2)11-21-12-18(8-4-5-9-18)22-17(21)20-16-7-6-15(19)10-14(16)3/h6-7,10,13H,4-5,8-9,11-12H2,1-3H3. The van der Waals surface area contributed by atoms with Gasteiger partial charge in [-0.2, -0.15) is 0 Å². The van der Waals surface area contributed by atoms with Crippen molar-refractivity contribution < 1.29 is 0 Å². The lowest BCUT2D eigenvalue weighted by molar-refractivity contribution is 0.346. The lowest BCUT2D eigenvalue weighted by Crippen LogP contribution is -2.33. The van der Waals surface area contributed by atoms with Gasteiger partial charge in [-0.1, -0.05) is 38.5 Å². The number of amidine groups is 1. The molecule has 0 atom stereocenters. The lowest BCUT2D eigenvalue weighted by Gasteiger charge is -2.23. The summed E-state index contributed by atoms with van der Waals surface area (Å²) in [5.74, 6) is 0.681. The van der Waals surface area contributed by atoms with Gasteiger partial charge in [0.15, 0.2) is 5.17 Å². The van der Waals surface area contributed by atoms with Gasteiger partial charge in [0.1, 0.15) is 0 Å². The number of hydrogen-bond donors (Lipinski definition) is 0. The largest absolute Gasteiger partial charge is 0.350 e. The van der Waals surface area contributed by atoms with Crippen LogP contribution < -0.4 is 0 Å². The Labute approximate surface area is 152 Å². The predicted molar refractivity (Wildman–Crippen MR) is 106 cm³/mol. The monoisotopic (exact) mass is 428 g/mol. The fourth-order valence-electron chi connectivity index (χ4n) is 3.51. The van der Waals surface area contributed by atoms with Crippen LogP contribution in [0.4, 0.5) is 5.69 Å². The highest BCUT2D eigenvalue weighted by Gasteiger charge is 2.44. The molecule has 2 nitrogen and oxygen atoms in total. The van der Waals surface area contributed by atoms with Gasteiger partial charge in [-0.25, -0.2) is 4.99 Å². The number of hydrogen-bond acceptors (Lipinski definition) is 2. The van der Waals surface area contributed by atoms with Crippen molar-refractivity contribution in [1.82, 2.24) is 4.90 Å². The van der Waals surface area contributed by atoms with Crippen molar-refractivity contribution in [3.63, 3.8) is 0 Å². The number of benzene rings is 1. The maximum absolute atomic E-state index is 5.05. The minimum Gasteiger partial charge on any atom is -0.350 e. The normalized spacial score (nSPS) is 22.4. The molecule has 0 aromatic heterocycles. The van der Waals surface area contributed by atoms with E-state index in [1.807, 2.05) is 0 Å². The molecule has 0 radical (unpaired) electrons. The molecule has 1 aliphatic carbocycles. The van der Waals surface area contributed by atoms with Crippen LogP contribution in [0.3, 0.4) is 0 Å². The summed E-state index contributed by atoms with van der Waals surface area (Å²) in [4.78, 5) is 7.59. The molecule has 2 fully saturated rings. The van der Waals surface area contributed by atoms with Gasteiger partial charge in [0.2, 0.25) is 0 Å². The first kappa shape index (κ1) is 16.6. The van der Waals surface area contributed by atoms with Crippen molar-refractivity contribution in [3.8, 4) is 0 Å². The number of thioether (sulfide) groups is 1. The zero-order chi connectivity index (χ0) is 15.7. The Bertz CT molecular complexity index is 576. The van der Waals surface area contributed by atoms with E-state index >= 15 is 0 Å². The minimum absolute atomic E-state index is 0.449. The van der Waals surface area contributed by atoms with Gasteiger partial charge >= 0.3 is 0 Å². The van der Waals surface area contributed by atoms with Crippen molar-refractivity contribution in [2.75, 3.05) is 13.1 Å². The zero-order valence-electron chi connectivity index (χ0n) is 13.7. The number of halogens is 1. The maximum atomic E-state index is 5.05. The molecule has 1 aromatic rings. The molecule has 120 valence electrons. The second-order valence-electron chi connectivity index (χ2n) is 7.09. The van der Waals surface area contributed by atoms with Crippen molar-refractivity contribution >= 4 is 45.2 Å². The highest BCUT2D eigenvalue weighted by molar-refractivity contribution is 14.1. The molecule has 4 heteroatoms. The Morgan fingerprint density at radius 3 is 2.68 bits per heavy atom. The van der Waals surface area contributed by atoms with Crippen LogP contribution in [0.2, 0.25) is 0 Å². The van der Waals surface area contributed by atoms with E-state index in [4.69, 9.17) is 4.99 Å². The second-order valence-corrected chi connectivity index (χ2v) is 9.77. The molecular formula is C18H25IN2S. The fourth-order valence-corrected chi connectivity index (χ4v) is 5.67. The number of aryl methyl sites for hydroxylation is 1. The molecular weight excluding hydrogens is 403 g/mol. The third kappa shape index (κ3) is 3.64. The molecule has 1 saturated heterocycles. The van der Waals surface area contributed by atoms with E-state index in [-0.39, 0.29) is 0 Å². The van der Waals surface area contributed by atoms with Crippen molar-refractivity contribution in [1.29, 1.82) is 0 Å². The van der Waals surface area contributed by atoms with Gasteiger partial charge in [0.25, 0.3) is 0 Å². The van der Waals surface area contributed by atoms with Crippen LogP contribution in [0.25, 0.3) is 0 Å². The first-order chi connectivity index (χ1) is 10.5. The summed E-state index contributed by atoms with van der Waals surface area (Å²) in [7, 11) is 0. The molecule has 0 unspecified atom stereocenters. The molecule has 0 N–H and O–H groups in total.